The maximum atomic E-state index is 3.71. The molecule has 2 nitrogen and oxygen atoms in total. The molecule has 1 N–H and O–H groups in total. The molecule has 1 aliphatic rings. The lowest BCUT2D eigenvalue weighted by Gasteiger charge is -2.11. The molecule has 0 radical (unpaired) electrons. The average molecular weight is 214 g/mol. The van der Waals surface area contributed by atoms with Crippen LogP contribution in [-0.4, -0.2) is 37.5 Å². The van der Waals surface area contributed by atoms with Crippen molar-refractivity contribution in [2.45, 2.75) is 19.9 Å². The van der Waals surface area contributed by atoms with Crippen LogP contribution >= 0.6 is 11.8 Å². The van der Waals surface area contributed by atoms with Crippen molar-refractivity contribution in [2.24, 2.45) is 0 Å². The van der Waals surface area contributed by atoms with Crippen LogP contribution in [-0.2, 0) is 0 Å². The monoisotopic (exact) mass is 214 g/mol. The van der Waals surface area contributed by atoms with Crippen LogP contribution in [0.25, 0.3) is 0 Å². The predicted octanol–water partition coefficient (Wildman–Crippen LogP) is 2.31. The second-order valence-corrected chi connectivity index (χ2v) is 3.84. The van der Waals surface area contributed by atoms with E-state index >= 15 is 0 Å². The van der Waals surface area contributed by atoms with E-state index in [0.717, 1.165) is 13.2 Å². The van der Waals surface area contributed by atoms with Gasteiger partial charge in [0.2, 0.25) is 0 Å². The molecule has 1 heterocycles. The molecule has 3 heteroatoms. The van der Waals surface area contributed by atoms with Crippen LogP contribution in [0.4, 0.5) is 0 Å². The normalized spacial score (nSPS) is 22.9. The molecule has 82 valence electrons. The van der Waals surface area contributed by atoms with Gasteiger partial charge >= 0.3 is 0 Å². The summed E-state index contributed by atoms with van der Waals surface area (Å²) >= 11 is 1.79. The summed E-state index contributed by atoms with van der Waals surface area (Å²) in [6.45, 7) is 9.79. The molecule has 0 aromatic rings. The van der Waals surface area contributed by atoms with Gasteiger partial charge in [-0.25, -0.2) is 0 Å². The van der Waals surface area contributed by atoms with Gasteiger partial charge in [-0.15, -0.1) is 11.8 Å². The smallest absolute Gasteiger partial charge is 0.0519 e. The van der Waals surface area contributed by atoms with Gasteiger partial charge in [-0.3, -0.25) is 10.2 Å². The first-order chi connectivity index (χ1) is 6.77. The fourth-order valence-corrected chi connectivity index (χ4v) is 2.01. The molecule has 1 atom stereocenters. The van der Waals surface area contributed by atoms with Crippen molar-refractivity contribution in [2.75, 3.05) is 26.5 Å². The van der Waals surface area contributed by atoms with Crippen LogP contribution in [0, 0.1) is 0 Å². The zero-order valence-corrected chi connectivity index (χ0v) is 10.5. The van der Waals surface area contributed by atoms with E-state index in [1.165, 1.54) is 4.91 Å². The van der Waals surface area contributed by atoms with Crippen LogP contribution < -0.4 is 5.32 Å². The third kappa shape index (κ3) is 4.31. The van der Waals surface area contributed by atoms with E-state index in [0.29, 0.717) is 6.04 Å². The molecule has 0 spiro atoms. The number of allylic oxidation sites excluding steroid dienone is 2. The van der Waals surface area contributed by atoms with Crippen molar-refractivity contribution in [3.05, 3.63) is 23.6 Å². The van der Waals surface area contributed by atoms with E-state index in [4.69, 9.17) is 0 Å². The predicted molar refractivity (Wildman–Crippen MR) is 67.6 cm³/mol. The Kier molecular flexibility index (Phi) is 7.95. The maximum Gasteiger partial charge on any atom is 0.0519 e. The molecule has 0 saturated carbocycles. The van der Waals surface area contributed by atoms with E-state index in [1.807, 2.05) is 19.9 Å². The Bertz CT molecular complexity index is 190. The van der Waals surface area contributed by atoms with Crippen molar-refractivity contribution >= 4 is 11.8 Å². The summed E-state index contributed by atoms with van der Waals surface area (Å²) in [5.41, 5.74) is 0. The number of likely N-dealkylation sites (N-methyl/N-ethyl adjacent to an activating group) is 1. The first-order valence-corrected chi connectivity index (χ1v) is 6.29. The van der Waals surface area contributed by atoms with Crippen molar-refractivity contribution in [3.63, 3.8) is 0 Å². The standard InChI is InChI=1S/C9H16N2S.C2H6/c1-4-5-9(12-3)8-6-11(2)7-10-8;1-2/h4-5,8,10H,1,6-7H2,2-3H3;1-2H3/b9-5-;. The summed E-state index contributed by atoms with van der Waals surface area (Å²) in [6, 6.07) is 0.503. The molecule has 1 unspecified atom stereocenters. The van der Waals surface area contributed by atoms with Gasteiger partial charge in [-0.05, 0) is 13.3 Å². The van der Waals surface area contributed by atoms with Crippen LogP contribution in [0.15, 0.2) is 23.6 Å². The Morgan fingerprint density at radius 3 is 2.57 bits per heavy atom. The number of thioether (sulfide) groups is 1. The summed E-state index contributed by atoms with van der Waals surface area (Å²) in [7, 11) is 2.12. The number of rotatable bonds is 3. The zero-order valence-electron chi connectivity index (χ0n) is 9.71. The van der Waals surface area contributed by atoms with Gasteiger partial charge in [0.15, 0.2) is 0 Å². The van der Waals surface area contributed by atoms with Crippen molar-refractivity contribution in [1.82, 2.24) is 10.2 Å². The molecule has 0 bridgehead atoms. The van der Waals surface area contributed by atoms with Crippen LogP contribution in [0.1, 0.15) is 13.8 Å². The number of nitrogens with zero attached hydrogens (tertiary/aromatic N) is 1. The Balaban J connectivity index is 0.000000791. The Hall–Kier alpha value is -0.250. The maximum absolute atomic E-state index is 3.71. The molecule has 0 aliphatic carbocycles. The summed E-state index contributed by atoms with van der Waals surface area (Å²) in [4.78, 5) is 3.65. The summed E-state index contributed by atoms with van der Waals surface area (Å²) in [6.07, 6.45) is 6.04. The topological polar surface area (TPSA) is 15.3 Å². The highest BCUT2D eigenvalue weighted by Gasteiger charge is 2.20. The SMILES string of the molecule is C=C/C=C(\SC)C1CN(C)CN1.CC. The van der Waals surface area contributed by atoms with E-state index in [9.17, 15) is 0 Å². The van der Waals surface area contributed by atoms with Gasteiger partial charge in [-0.2, -0.15) is 0 Å². The second kappa shape index (κ2) is 8.09. The lowest BCUT2D eigenvalue weighted by Crippen LogP contribution is -2.24. The zero-order chi connectivity index (χ0) is 11.0. The molecule has 0 aromatic heterocycles. The van der Waals surface area contributed by atoms with Crippen molar-refractivity contribution in [1.29, 1.82) is 0 Å². The Morgan fingerprint density at radius 2 is 2.21 bits per heavy atom. The number of nitrogens with one attached hydrogen (secondary N) is 1. The highest BCUT2D eigenvalue weighted by molar-refractivity contribution is 8.02. The van der Waals surface area contributed by atoms with Gasteiger partial charge < -0.3 is 0 Å². The molecule has 1 rings (SSSR count). The van der Waals surface area contributed by atoms with Gasteiger partial charge in [0.1, 0.15) is 0 Å². The molecular weight excluding hydrogens is 192 g/mol. The molecule has 0 aromatic carbocycles. The van der Waals surface area contributed by atoms with Crippen LogP contribution in [0.5, 0.6) is 0 Å². The quantitative estimate of drug-likeness (QED) is 0.726. The first kappa shape index (κ1) is 13.8. The fourth-order valence-electron chi connectivity index (χ4n) is 1.34. The number of hydrogen-bond acceptors (Lipinski definition) is 3. The molecule has 14 heavy (non-hydrogen) atoms. The number of hydrogen-bond donors (Lipinski definition) is 1. The van der Waals surface area contributed by atoms with E-state index in [2.05, 4.69) is 36.2 Å². The highest BCUT2D eigenvalue weighted by Crippen LogP contribution is 2.19. The van der Waals surface area contributed by atoms with E-state index in [1.54, 1.807) is 11.8 Å². The average Bonchev–Trinajstić information content (AvgIpc) is 2.64. The minimum Gasteiger partial charge on any atom is -0.296 e. The second-order valence-electron chi connectivity index (χ2n) is 2.96. The largest absolute Gasteiger partial charge is 0.296 e. The Morgan fingerprint density at radius 1 is 1.57 bits per heavy atom. The van der Waals surface area contributed by atoms with Gasteiger partial charge in [-0.1, -0.05) is 32.6 Å². The molecule has 0 amide bonds. The van der Waals surface area contributed by atoms with Crippen molar-refractivity contribution < 1.29 is 0 Å². The summed E-state index contributed by atoms with van der Waals surface area (Å²) in [5.74, 6) is 0. The molecule has 1 aliphatic heterocycles. The minimum absolute atomic E-state index is 0.503. The van der Waals surface area contributed by atoms with Crippen LogP contribution in [0.3, 0.4) is 0 Å². The first-order valence-electron chi connectivity index (χ1n) is 5.06. The molecular formula is C11H22N2S. The third-order valence-electron chi connectivity index (χ3n) is 1.96. The lowest BCUT2D eigenvalue weighted by molar-refractivity contribution is 0.409. The van der Waals surface area contributed by atoms with E-state index in [-0.39, 0.29) is 0 Å². The molecule has 1 saturated heterocycles. The summed E-state index contributed by atoms with van der Waals surface area (Å²) in [5, 5.41) is 3.43. The van der Waals surface area contributed by atoms with Crippen molar-refractivity contribution in [3.8, 4) is 0 Å². The Labute approximate surface area is 92.4 Å². The highest BCUT2D eigenvalue weighted by atomic mass is 32.2. The minimum atomic E-state index is 0.503. The summed E-state index contributed by atoms with van der Waals surface area (Å²) < 4.78 is 0. The third-order valence-corrected chi connectivity index (χ3v) is 2.86. The molecule has 1 fully saturated rings. The van der Waals surface area contributed by atoms with Crippen LogP contribution in [0.2, 0.25) is 0 Å². The van der Waals surface area contributed by atoms with Gasteiger partial charge in [0.05, 0.1) is 6.04 Å². The van der Waals surface area contributed by atoms with Gasteiger partial charge in [0.25, 0.3) is 0 Å². The van der Waals surface area contributed by atoms with E-state index < -0.39 is 0 Å². The fraction of sp³-hybridized carbons (Fsp3) is 0.636. The van der Waals surface area contributed by atoms with Gasteiger partial charge in [0, 0.05) is 18.1 Å². The lowest BCUT2D eigenvalue weighted by atomic mass is 10.3.